The van der Waals surface area contributed by atoms with Crippen molar-refractivity contribution in [2.75, 3.05) is 13.3 Å². The van der Waals surface area contributed by atoms with Gasteiger partial charge in [0.2, 0.25) is 0 Å². The van der Waals surface area contributed by atoms with Gasteiger partial charge in [-0.1, -0.05) is 12.2 Å². The highest BCUT2D eigenvalue weighted by Crippen LogP contribution is 2.36. The lowest BCUT2D eigenvalue weighted by molar-refractivity contribution is -0.139. The normalized spacial score (nSPS) is 11.3. The number of thiocarbonyl (C=S) groups is 1. The zero-order valence-electron chi connectivity index (χ0n) is 9.26. The molecule has 0 unspecified atom stereocenters. The molecule has 0 amide bonds. The highest BCUT2D eigenvalue weighted by molar-refractivity contribution is 7.80. The van der Waals surface area contributed by atoms with E-state index in [9.17, 15) is 17.6 Å². The molecule has 0 saturated carbocycles. The van der Waals surface area contributed by atoms with Gasteiger partial charge in [0, 0.05) is 12.0 Å². The van der Waals surface area contributed by atoms with Gasteiger partial charge in [-0.05, 0) is 18.2 Å². The first-order chi connectivity index (χ1) is 8.36. The van der Waals surface area contributed by atoms with Crippen LogP contribution in [0.3, 0.4) is 0 Å². The molecule has 1 aromatic rings. The quantitative estimate of drug-likeness (QED) is 0.512. The van der Waals surface area contributed by atoms with Crippen molar-refractivity contribution in [2.24, 2.45) is 5.73 Å². The van der Waals surface area contributed by atoms with Gasteiger partial charge in [-0.25, -0.2) is 0 Å². The van der Waals surface area contributed by atoms with E-state index in [1.165, 1.54) is 6.07 Å². The van der Waals surface area contributed by atoms with E-state index in [4.69, 9.17) is 10.5 Å². The van der Waals surface area contributed by atoms with E-state index >= 15 is 0 Å². The fourth-order valence-corrected chi connectivity index (χ4v) is 1.39. The van der Waals surface area contributed by atoms with Crippen LogP contribution in [0.2, 0.25) is 0 Å². The van der Waals surface area contributed by atoms with Crippen molar-refractivity contribution in [1.29, 1.82) is 0 Å². The van der Waals surface area contributed by atoms with E-state index in [2.05, 4.69) is 12.2 Å². The van der Waals surface area contributed by atoms with Crippen molar-refractivity contribution >= 4 is 17.2 Å². The van der Waals surface area contributed by atoms with Crippen molar-refractivity contribution < 1.29 is 22.3 Å². The zero-order chi connectivity index (χ0) is 13.8. The van der Waals surface area contributed by atoms with Crippen molar-refractivity contribution in [3.8, 4) is 5.75 Å². The summed E-state index contributed by atoms with van der Waals surface area (Å²) < 4.78 is 55.0. The number of rotatable bonds is 5. The molecule has 0 bridgehead atoms. The molecule has 2 nitrogen and oxygen atoms in total. The summed E-state index contributed by atoms with van der Waals surface area (Å²) in [6, 6.07) is 3.30. The Morgan fingerprint density at radius 1 is 1.33 bits per heavy atom. The summed E-state index contributed by atoms with van der Waals surface area (Å²) in [6.45, 7) is -0.766. The van der Waals surface area contributed by atoms with Gasteiger partial charge in [0.25, 0.3) is 0 Å². The molecule has 0 aliphatic rings. The summed E-state index contributed by atoms with van der Waals surface area (Å²) in [5, 5.41) is 0. The summed E-state index contributed by atoms with van der Waals surface area (Å²) in [5.41, 5.74) is 4.41. The Bertz CT molecular complexity index is 434. The summed E-state index contributed by atoms with van der Waals surface area (Å²) in [6.07, 6.45) is -4.54. The molecule has 0 saturated heterocycles. The minimum absolute atomic E-state index is 0.0361. The molecule has 0 aliphatic heterocycles. The number of hydrogen-bond acceptors (Lipinski definition) is 2. The monoisotopic (exact) mass is 281 g/mol. The Hall–Kier alpha value is -1.37. The van der Waals surface area contributed by atoms with E-state index in [1.54, 1.807) is 0 Å². The van der Waals surface area contributed by atoms with Crippen molar-refractivity contribution in [3.05, 3.63) is 29.3 Å². The van der Waals surface area contributed by atoms with Gasteiger partial charge in [0.1, 0.15) is 10.7 Å². The number of ether oxygens (including phenoxy) is 1. The van der Waals surface area contributed by atoms with Gasteiger partial charge in [0.05, 0.1) is 18.8 Å². The summed E-state index contributed by atoms with van der Waals surface area (Å²) in [4.78, 5) is -0.129. The average Bonchev–Trinajstić information content (AvgIpc) is 2.28. The molecule has 1 aromatic carbocycles. The number of benzene rings is 1. The lowest BCUT2D eigenvalue weighted by Gasteiger charge is -2.14. The predicted molar refractivity (Wildman–Crippen MR) is 63.4 cm³/mol. The molecule has 7 heteroatoms. The molecule has 0 fully saturated rings. The maximum atomic E-state index is 12.8. The second kappa shape index (κ2) is 5.99. The first-order valence-electron chi connectivity index (χ1n) is 5.06. The molecule has 1 rings (SSSR count). The van der Waals surface area contributed by atoms with Crippen LogP contribution in [0, 0.1) is 0 Å². The maximum absolute atomic E-state index is 12.8. The van der Waals surface area contributed by atoms with Gasteiger partial charge < -0.3 is 10.5 Å². The number of alkyl halides is 4. The van der Waals surface area contributed by atoms with Gasteiger partial charge in [-0.3, -0.25) is 4.39 Å². The van der Waals surface area contributed by atoms with Gasteiger partial charge in [-0.2, -0.15) is 13.2 Å². The molecule has 18 heavy (non-hydrogen) atoms. The minimum atomic E-state index is -4.58. The summed E-state index contributed by atoms with van der Waals surface area (Å²) in [7, 11) is 0. The Balaban J connectivity index is 3.05. The van der Waals surface area contributed by atoms with Crippen LogP contribution in [0.1, 0.15) is 17.5 Å². The van der Waals surface area contributed by atoms with Crippen LogP contribution in [-0.2, 0) is 6.18 Å². The smallest absolute Gasteiger partial charge is 0.419 e. The molecule has 0 spiro atoms. The van der Waals surface area contributed by atoms with Crippen molar-refractivity contribution in [2.45, 2.75) is 12.6 Å². The summed E-state index contributed by atoms with van der Waals surface area (Å²) in [5.74, 6) is -0.351. The van der Waals surface area contributed by atoms with Crippen LogP contribution in [0.5, 0.6) is 5.75 Å². The Labute approximate surface area is 107 Å². The topological polar surface area (TPSA) is 35.2 Å². The van der Waals surface area contributed by atoms with E-state index in [-0.39, 0.29) is 29.3 Å². The molecule has 0 aromatic heterocycles. The third kappa shape index (κ3) is 3.83. The Morgan fingerprint density at radius 2 is 2.00 bits per heavy atom. The lowest BCUT2D eigenvalue weighted by atomic mass is 10.1. The fraction of sp³-hybridized carbons (Fsp3) is 0.364. The van der Waals surface area contributed by atoms with Crippen molar-refractivity contribution in [1.82, 2.24) is 0 Å². The fourth-order valence-electron chi connectivity index (χ4n) is 1.27. The van der Waals surface area contributed by atoms with Crippen LogP contribution < -0.4 is 10.5 Å². The second-order valence-electron chi connectivity index (χ2n) is 3.46. The van der Waals surface area contributed by atoms with Crippen molar-refractivity contribution in [3.63, 3.8) is 0 Å². The average molecular weight is 281 g/mol. The maximum Gasteiger partial charge on any atom is 0.419 e. The van der Waals surface area contributed by atoms with E-state index < -0.39 is 18.4 Å². The summed E-state index contributed by atoms with van der Waals surface area (Å²) >= 11 is 4.61. The van der Waals surface area contributed by atoms with Crippen LogP contribution in [0.15, 0.2) is 18.2 Å². The number of nitrogens with two attached hydrogens (primary N) is 1. The highest BCUT2D eigenvalue weighted by Gasteiger charge is 2.34. The molecule has 100 valence electrons. The minimum Gasteiger partial charge on any atom is -0.493 e. The van der Waals surface area contributed by atoms with Gasteiger partial charge in [0.15, 0.2) is 0 Å². The zero-order valence-corrected chi connectivity index (χ0v) is 10.1. The largest absolute Gasteiger partial charge is 0.493 e. The molecular weight excluding hydrogens is 270 g/mol. The standard InChI is InChI=1S/C11H11F4NOS/c12-4-1-5-17-9-3-2-7(10(16)18)6-8(9)11(13,14)15/h2-3,6H,1,4-5H2,(H2,16,18). The highest BCUT2D eigenvalue weighted by atomic mass is 32.1. The molecule has 0 radical (unpaired) electrons. The Morgan fingerprint density at radius 3 is 2.50 bits per heavy atom. The molecule has 0 atom stereocenters. The Kier molecular flexibility index (Phi) is 4.89. The predicted octanol–water partition coefficient (Wildman–Crippen LogP) is 3.08. The van der Waals surface area contributed by atoms with E-state index in [1.807, 2.05) is 0 Å². The molecule has 2 N–H and O–H groups in total. The second-order valence-corrected chi connectivity index (χ2v) is 3.90. The van der Waals surface area contributed by atoms with Gasteiger partial charge in [-0.15, -0.1) is 0 Å². The lowest BCUT2D eigenvalue weighted by Crippen LogP contribution is -2.14. The molecule has 0 heterocycles. The first kappa shape index (κ1) is 14.7. The molecular formula is C11H11F4NOS. The molecule has 0 aliphatic carbocycles. The van der Waals surface area contributed by atoms with Crippen LogP contribution in [0.4, 0.5) is 17.6 Å². The third-order valence-electron chi connectivity index (χ3n) is 2.11. The number of hydrogen-bond donors (Lipinski definition) is 1. The first-order valence-corrected chi connectivity index (χ1v) is 5.47. The van der Waals surface area contributed by atoms with E-state index in [0.717, 1.165) is 12.1 Å². The third-order valence-corrected chi connectivity index (χ3v) is 2.34. The SMILES string of the molecule is NC(=S)c1ccc(OCCCF)c(C(F)(F)F)c1. The number of halogens is 4. The van der Waals surface area contributed by atoms with Gasteiger partial charge >= 0.3 is 6.18 Å². The van der Waals surface area contributed by atoms with Crippen LogP contribution in [-0.4, -0.2) is 18.3 Å². The van der Waals surface area contributed by atoms with Crippen LogP contribution >= 0.6 is 12.2 Å². The van der Waals surface area contributed by atoms with Crippen LogP contribution in [0.25, 0.3) is 0 Å². The van der Waals surface area contributed by atoms with E-state index in [0.29, 0.717) is 0 Å².